The number of hydrogen-bond donors (Lipinski definition) is 1. The zero-order valence-electron chi connectivity index (χ0n) is 16.0. The van der Waals surface area contributed by atoms with E-state index in [1.54, 1.807) is 22.1 Å². The van der Waals surface area contributed by atoms with Crippen molar-refractivity contribution in [3.05, 3.63) is 45.5 Å². The number of thiocarbonyl (C=S) groups is 1. The first-order valence-electron chi connectivity index (χ1n) is 9.28. The second-order valence-corrected chi connectivity index (χ2v) is 11.5. The molecule has 1 saturated heterocycles. The molecular weight excluding hydrogens is 430 g/mol. The fraction of sp³-hybridized carbons (Fsp3) is 0.368. The second kappa shape index (κ2) is 7.95. The standard InChI is InChI=1S/C19H23N3O2S4/c1-4-20-11-15(17-21(5-2)13-9-7-8-10-14(13)26-17)28(24)19(20)27-12-16(23)22(6-3)18(27)25/h7-10,12,23H,4-6,11H2,1-3H3. The van der Waals surface area contributed by atoms with Crippen molar-refractivity contribution in [2.24, 2.45) is 0 Å². The van der Waals surface area contributed by atoms with Crippen LogP contribution in [-0.2, 0) is 10.8 Å². The Morgan fingerprint density at radius 2 is 1.86 bits per heavy atom. The first-order valence-corrected chi connectivity index (χ1v) is 12.9. The molecule has 1 aromatic rings. The highest BCUT2D eigenvalue weighted by molar-refractivity contribution is 8.43. The Kier molecular flexibility index (Phi) is 5.72. The van der Waals surface area contributed by atoms with Gasteiger partial charge in [0.25, 0.3) is 0 Å². The SMILES string of the molecule is CCN1CC(=C2Sc3ccccc3N2CC)S(=O)C1=S1C=C(O)N(CC)C1=S. The van der Waals surface area contributed by atoms with Gasteiger partial charge in [0, 0.05) is 36.5 Å². The summed E-state index contributed by atoms with van der Waals surface area (Å²) in [6.07, 6.45) is 0. The molecule has 1 fully saturated rings. The Balaban J connectivity index is 1.81. The first-order chi connectivity index (χ1) is 13.5. The van der Waals surface area contributed by atoms with E-state index >= 15 is 0 Å². The van der Waals surface area contributed by atoms with E-state index < -0.39 is 21.3 Å². The molecule has 0 radical (unpaired) electrons. The zero-order valence-corrected chi connectivity index (χ0v) is 19.3. The molecule has 28 heavy (non-hydrogen) atoms. The molecule has 3 aliphatic rings. The molecule has 4 rings (SSSR count). The maximum Gasteiger partial charge on any atom is 0.198 e. The number of benzene rings is 1. The van der Waals surface area contributed by atoms with E-state index in [1.165, 1.54) is 10.6 Å². The lowest BCUT2D eigenvalue weighted by Crippen LogP contribution is -2.28. The number of thioether (sulfide) groups is 1. The number of aliphatic hydroxyl groups excluding tert-OH is 1. The van der Waals surface area contributed by atoms with Crippen LogP contribution in [0, 0.1) is 0 Å². The summed E-state index contributed by atoms with van der Waals surface area (Å²) in [7, 11) is -1.89. The van der Waals surface area contributed by atoms with Crippen LogP contribution in [0.3, 0.4) is 0 Å². The third-order valence-corrected chi connectivity index (χ3v) is 11.1. The third-order valence-electron chi connectivity index (χ3n) is 4.93. The summed E-state index contributed by atoms with van der Waals surface area (Å²) in [6.45, 7) is 8.98. The van der Waals surface area contributed by atoms with Crippen molar-refractivity contribution in [3.63, 3.8) is 0 Å². The van der Waals surface area contributed by atoms with Crippen molar-refractivity contribution >= 4 is 59.6 Å². The smallest absolute Gasteiger partial charge is 0.198 e. The van der Waals surface area contributed by atoms with E-state index in [2.05, 4.69) is 35.8 Å². The summed E-state index contributed by atoms with van der Waals surface area (Å²) >= 11 is 7.32. The van der Waals surface area contributed by atoms with Crippen LogP contribution in [0.5, 0.6) is 0 Å². The molecule has 1 N–H and O–H groups in total. The molecule has 9 heteroatoms. The van der Waals surface area contributed by atoms with Crippen molar-refractivity contribution in [1.82, 2.24) is 9.80 Å². The van der Waals surface area contributed by atoms with E-state index in [1.807, 2.05) is 19.1 Å². The topological polar surface area (TPSA) is 47.0 Å². The number of aliphatic hydroxyl groups is 1. The number of anilines is 1. The highest BCUT2D eigenvalue weighted by Gasteiger charge is 2.40. The van der Waals surface area contributed by atoms with Crippen LogP contribution in [0.4, 0.5) is 5.69 Å². The summed E-state index contributed by atoms with van der Waals surface area (Å²) in [5.41, 5.74) is 1.18. The molecule has 0 aromatic heterocycles. The lowest BCUT2D eigenvalue weighted by molar-refractivity contribution is 0.291. The van der Waals surface area contributed by atoms with Crippen LogP contribution in [0.2, 0.25) is 0 Å². The van der Waals surface area contributed by atoms with Gasteiger partial charge in [-0.05, 0) is 26.0 Å². The van der Waals surface area contributed by atoms with Crippen molar-refractivity contribution in [1.29, 1.82) is 0 Å². The Bertz CT molecular complexity index is 970. The van der Waals surface area contributed by atoms with Gasteiger partial charge in [-0.25, -0.2) is 4.21 Å². The normalized spacial score (nSPS) is 29.0. The molecule has 3 heterocycles. The Morgan fingerprint density at radius 3 is 2.50 bits per heavy atom. The summed E-state index contributed by atoms with van der Waals surface area (Å²) in [4.78, 5) is 8.28. The van der Waals surface area contributed by atoms with Crippen molar-refractivity contribution in [2.45, 2.75) is 25.7 Å². The van der Waals surface area contributed by atoms with Gasteiger partial charge >= 0.3 is 0 Å². The van der Waals surface area contributed by atoms with Gasteiger partial charge in [0.05, 0.1) is 15.6 Å². The van der Waals surface area contributed by atoms with Crippen LogP contribution < -0.4 is 4.90 Å². The molecule has 0 aliphatic carbocycles. The average molecular weight is 454 g/mol. The summed E-state index contributed by atoms with van der Waals surface area (Å²) in [5.74, 6) is 0.176. The monoisotopic (exact) mass is 453 g/mol. The number of hydrogen-bond acceptors (Lipinski definition) is 5. The van der Waals surface area contributed by atoms with Crippen LogP contribution in [0.15, 0.2) is 50.4 Å². The van der Waals surface area contributed by atoms with Gasteiger partial charge in [-0.1, -0.05) is 53.5 Å². The highest BCUT2D eigenvalue weighted by atomic mass is 32.2. The van der Waals surface area contributed by atoms with Crippen molar-refractivity contribution in [2.75, 3.05) is 31.1 Å². The van der Waals surface area contributed by atoms with E-state index in [4.69, 9.17) is 12.2 Å². The summed E-state index contributed by atoms with van der Waals surface area (Å²) in [6, 6.07) is 8.32. The van der Waals surface area contributed by atoms with Gasteiger partial charge in [-0.3, -0.25) is 9.80 Å². The number of fused-ring (bicyclic) bond motifs is 1. The molecule has 2 unspecified atom stereocenters. The molecule has 1 aromatic carbocycles. The van der Waals surface area contributed by atoms with E-state index in [0.29, 0.717) is 17.4 Å². The van der Waals surface area contributed by atoms with E-state index in [9.17, 15) is 9.32 Å². The van der Waals surface area contributed by atoms with Gasteiger partial charge in [0.2, 0.25) is 0 Å². The maximum atomic E-state index is 13.7. The molecule has 2 atom stereocenters. The van der Waals surface area contributed by atoms with Crippen molar-refractivity contribution < 1.29 is 9.32 Å². The van der Waals surface area contributed by atoms with Gasteiger partial charge in [0.1, 0.15) is 19.4 Å². The van der Waals surface area contributed by atoms with Crippen LogP contribution >= 0.6 is 34.5 Å². The molecule has 3 aliphatic heterocycles. The average Bonchev–Trinajstić information content (AvgIpc) is 3.31. The minimum atomic E-state index is -1.27. The lowest BCUT2D eigenvalue weighted by atomic mass is 10.3. The quantitative estimate of drug-likeness (QED) is 0.688. The van der Waals surface area contributed by atoms with Gasteiger partial charge < -0.3 is 10.0 Å². The third kappa shape index (κ3) is 3.08. The summed E-state index contributed by atoms with van der Waals surface area (Å²) in [5, 5.41) is 13.1. The van der Waals surface area contributed by atoms with E-state index in [0.717, 1.165) is 27.3 Å². The highest BCUT2D eigenvalue weighted by Crippen LogP contribution is 2.49. The molecule has 0 bridgehead atoms. The Labute approximate surface area is 180 Å². The molecule has 0 saturated carbocycles. The molecule has 150 valence electrons. The fourth-order valence-corrected chi connectivity index (χ4v) is 9.94. The predicted molar refractivity (Wildman–Crippen MR) is 126 cm³/mol. The van der Waals surface area contributed by atoms with E-state index in [-0.39, 0.29) is 5.88 Å². The van der Waals surface area contributed by atoms with Crippen molar-refractivity contribution in [3.8, 4) is 0 Å². The molecular formula is C19H23N3O2S4. The lowest BCUT2D eigenvalue weighted by Gasteiger charge is -2.19. The van der Waals surface area contributed by atoms with Gasteiger partial charge in [-0.2, -0.15) is 0 Å². The summed E-state index contributed by atoms with van der Waals surface area (Å²) < 4.78 is 15.1. The largest absolute Gasteiger partial charge is 0.494 e. The molecule has 0 spiro atoms. The number of nitrogens with zero attached hydrogens (tertiary/aromatic N) is 3. The minimum absolute atomic E-state index is 0.176. The molecule has 5 nitrogen and oxygen atoms in total. The van der Waals surface area contributed by atoms with Crippen LogP contribution in [-0.4, -0.2) is 53.9 Å². The number of likely N-dealkylation sites (N-methyl/N-ethyl adjacent to an activating group) is 1. The first kappa shape index (κ1) is 20.2. The Hall–Kier alpha value is -1.13. The number of rotatable bonds is 3. The zero-order chi connectivity index (χ0) is 20.0. The molecule has 0 amide bonds. The number of para-hydroxylation sites is 1. The maximum absolute atomic E-state index is 13.7. The van der Waals surface area contributed by atoms with Gasteiger partial charge in [-0.15, -0.1) is 0 Å². The second-order valence-electron chi connectivity index (χ2n) is 6.42. The fourth-order valence-electron chi connectivity index (χ4n) is 3.53. The van der Waals surface area contributed by atoms with Crippen LogP contribution in [0.1, 0.15) is 20.8 Å². The van der Waals surface area contributed by atoms with Crippen LogP contribution in [0.25, 0.3) is 0 Å². The van der Waals surface area contributed by atoms with Gasteiger partial charge in [0.15, 0.2) is 5.88 Å². The predicted octanol–water partition coefficient (Wildman–Crippen LogP) is 4.21. The minimum Gasteiger partial charge on any atom is -0.494 e. The Morgan fingerprint density at radius 1 is 1.14 bits per heavy atom.